The summed E-state index contributed by atoms with van der Waals surface area (Å²) in [5.41, 5.74) is 2.05. The highest BCUT2D eigenvalue weighted by molar-refractivity contribution is 5.95. The van der Waals surface area contributed by atoms with E-state index in [-0.39, 0.29) is 5.56 Å². The molecule has 0 spiro atoms. The van der Waals surface area contributed by atoms with Gasteiger partial charge in [0.25, 0.3) is 0 Å². The second kappa shape index (κ2) is 14.5. The lowest BCUT2D eigenvalue weighted by Gasteiger charge is -2.41. The SMILES string of the molecule is COc1cccc(CN=C(Nc2cccc(C(=O)O)c2)N2CCN(C3CCCCC3)CC2)c1.O=C(O)C(F)(F)F. The number of guanidine groups is 1. The number of halogens is 3. The molecule has 1 aliphatic heterocycles. The maximum Gasteiger partial charge on any atom is 0.490 e. The summed E-state index contributed by atoms with van der Waals surface area (Å²) in [5.74, 6) is -2.10. The van der Waals surface area contributed by atoms with Crippen molar-refractivity contribution in [3.8, 4) is 5.75 Å². The van der Waals surface area contributed by atoms with Gasteiger partial charge in [0.05, 0.1) is 19.2 Å². The number of anilines is 1. The molecule has 2 fully saturated rings. The third-order valence-electron chi connectivity index (χ3n) is 6.86. The number of aliphatic imine (C=N–C) groups is 1. The van der Waals surface area contributed by atoms with Gasteiger partial charge >= 0.3 is 18.1 Å². The molecule has 1 saturated carbocycles. The first-order chi connectivity index (χ1) is 19.1. The van der Waals surface area contributed by atoms with Crippen LogP contribution in [0.5, 0.6) is 5.75 Å². The molecule has 1 saturated heterocycles. The van der Waals surface area contributed by atoms with Crippen molar-refractivity contribution in [3.63, 3.8) is 0 Å². The molecule has 2 aliphatic rings. The second-order valence-corrected chi connectivity index (χ2v) is 9.62. The number of aliphatic carboxylic acids is 1. The molecule has 1 aliphatic carbocycles. The summed E-state index contributed by atoms with van der Waals surface area (Å²) >= 11 is 0. The van der Waals surface area contributed by atoms with E-state index in [4.69, 9.17) is 19.6 Å². The van der Waals surface area contributed by atoms with E-state index in [1.54, 1.807) is 25.3 Å². The van der Waals surface area contributed by atoms with E-state index in [2.05, 4.69) is 15.1 Å². The van der Waals surface area contributed by atoms with Gasteiger partial charge in [0.1, 0.15) is 5.75 Å². The summed E-state index contributed by atoms with van der Waals surface area (Å²) in [5, 5.41) is 19.9. The van der Waals surface area contributed by atoms with Crippen LogP contribution in [0.25, 0.3) is 0 Å². The van der Waals surface area contributed by atoms with Crippen molar-refractivity contribution >= 4 is 23.6 Å². The van der Waals surface area contributed by atoms with Gasteiger partial charge in [-0.1, -0.05) is 37.5 Å². The normalized spacial score (nSPS) is 17.0. The van der Waals surface area contributed by atoms with Crippen LogP contribution in [-0.4, -0.2) is 83.4 Å². The Bertz CT molecular complexity index is 1160. The quantitative estimate of drug-likeness (QED) is 0.334. The van der Waals surface area contributed by atoms with Crippen molar-refractivity contribution in [2.24, 2.45) is 4.99 Å². The number of carboxylic acid groups (broad SMARTS) is 2. The number of benzene rings is 2. The lowest BCUT2D eigenvalue weighted by molar-refractivity contribution is -0.192. The van der Waals surface area contributed by atoms with Crippen molar-refractivity contribution in [1.29, 1.82) is 0 Å². The number of ether oxygens (including phenoxy) is 1. The van der Waals surface area contributed by atoms with Crippen molar-refractivity contribution in [1.82, 2.24) is 9.80 Å². The van der Waals surface area contributed by atoms with Crippen LogP contribution in [0.3, 0.4) is 0 Å². The van der Waals surface area contributed by atoms with Crippen molar-refractivity contribution in [2.45, 2.75) is 50.9 Å². The molecule has 0 unspecified atom stereocenters. The number of carbonyl (C=O) groups is 2. The van der Waals surface area contributed by atoms with Gasteiger partial charge in [0.2, 0.25) is 0 Å². The Kier molecular flexibility index (Phi) is 11.2. The zero-order valence-electron chi connectivity index (χ0n) is 22.4. The molecule has 0 radical (unpaired) electrons. The fourth-order valence-electron chi connectivity index (χ4n) is 4.76. The molecule has 0 atom stereocenters. The molecule has 0 aromatic heterocycles. The molecular formula is C28H35F3N4O5. The molecule has 218 valence electrons. The maximum absolute atomic E-state index is 11.4. The van der Waals surface area contributed by atoms with Gasteiger partial charge in [-0.3, -0.25) is 4.90 Å². The highest BCUT2D eigenvalue weighted by Gasteiger charge is 2.38. The molecule has 4 rings (SSSR count). The smallest absolute Gasteiger partial charge is 0.490 e. The highest BCUT2D eigenvalue weighted by Crippen LogP contribution is 2.24. The van der Waals surface area contributed by atoms with Crippen LogP contribution in [-0.2, 0) is 11.3 Å². The van der Waals surface area contributed by atoms with Crippen LogP contribution in [0, 0.1) is 0 Å². The molecule has 12 heteroatoms. The minimum Gasteiger partial charge on any atom is -0.497 e. The average Bonchev–Trinajstić information content (AvgIpc) is 2.96. The third kappa shape index (κ3) is 9.44. The van der Waals surface area contributed by atoms with E-state index in [0.717, 1.165) is 55.2 Å². The lowest BCUT2D eigenvalue weighted by Crippen LogP contribution is -2.53. The molecule has 1 heterocycles. The molecule has 2 aromatic rings. The minimum absolute atomic E-state index is 0.259. The zero-order valence-corrected chi connectivity index (χ0v) is 22.4. The molecule has 0 amide bonds. The summed E-state index contributed by atoms with van der Waals surface area (Å²) in [6.45, 7) is 4.37. The van der Waals surface area contributed by atoms with Gasteiger partial charge in [-0.15, -0.1) is 0 Å². The number of piperazine rings is 1. The summed E-state index contributed by atoms with van der Waals surface area (Å²) in [6, 6.07) is 15.5. The van der Waals surface area contributed by atoms with Crippen molar-refractivity contribution in [3.05, 3.63) is 59.7 Å². The van der Waals surface area contributed by atoms with Crippen LogP contribution in [0.2, 0.25) is 0 Å². The average molecular weight is 565 g/mol. The van der Waals surface area contributed by atoms with Gasteiger partial charge in [0.15, 0.2) is 5.96 Å². The van der Waals surface area contributed by atoms with E-state index in [1.165, 1.54) is 32.1 Å². The fraction of sp³-hybridized carbons (Fsp3) is 0.464. The number of carboxylic acids is 2. The molecule has 40 heavy (non-hydrogen) atoms. The number of rotatable bonds is 6. The Hall–Kier alpha value is -3.80. The maximum atomic E-state index is 11.4. The van der Waals surface area contributed by atoms with E-state index in [1.807, 2.05) is 30.3 Å². The topological polar surface area (TPSA) is 115 Å². The van der Waals surface area contributed by atoms with Crippen molar-refractivity contribution in [2.75, 3.05) is 38.6 Å². The Morgan fingerprint density at radius 1 is 1.00 bits per heavy atom. The Balaban J connectivity index is 0.000000559. The summed E-state index contributed by atoms with van der Waals surface area (Å²) < 4.78 is 37.1. The van der Waals surface area contributed by atoms with E-state index >= 15 is 0 Å². The number of methoxy groups -OCH3 is 1. The van der Waals surface area contributed by atoms with Crippen LogP contribution in [0.15, 0.2) is 53.5 Å². The first kappa shape index (κ1) is 30.7. The number of hydrogen-bond donors (Lipinski definition) is 3. The zero-order chi connectivity index (χ0) is 29.1. The Morgan fingerprint density at radius 3 is 2.25 bits per heavy atom. The molecule has 0 bridgehead atoms. The highest BCUT2D eigenvalue weighted by atomic mass is 19.4. The number of nitrogens with zero attached hydrogens (tertiary/aromatic N) is 3. The van der Waals surface area contributed by atoms with E-state index in [9.17, 15) is 23.1 Å². The van der Waals surface area contributed by atoms with E-state index < -0.39 is 18.1 Å². The molecule has 2 aromatic carbocycles. The summed E-state index contributed by atoms with van der Waals surface area (Å²) in [6.07, 6.45) is 1.62. The van der Waals surface area contributed by atoms with Crippen LogP contribution in [0.1, 0.15) is 48.0 Å². The minimum atomic E-state index is -5.08. The molecular weight excluding hydrogens is 529 g/mol. The van der Waals surface area contributed by atoms with E-state index in [0.29, 0.717) is 6.54 Å². The Morgan fingerprint density at radius 2 is 1.65 bits per heavy atom. The third-order valence-corrected chi connectivity index (χ3v) is 6.86. The van der Waals surface area contributed by atoms with Crippen LogP contribution >= 0.6 is 0 Å². The first-order valence-corrected chi connectivity index (χ1v) is 13.1. The van der Waals surface area contributed by atoms with Gasteiger partial charge in [0, 0.05) is 37.9 Å². The Labute approximate surface area is 231 Å². The number of aromatic carboxylic acids is 1. The predicted molar refractivity (Wildman–Crippen MR) is 145 cm³/mol. The largest absolute Gasteiger partial charge is 0.497 e. The summed E-state index contributed by atoms with van der Waals surface area (Å²) in [4.78, 5) is 30.1. The van der Waals surface area contributed by atoms with Gasteiger partial charge in [-0.2, -0.15) is 13.2 Å². The number of alkyl halides is 3. The van der Waals surface area contributed by atoms with Crippen molar-refractivity contribution < 1.29 is 37.7 Å². The van der Waals surface area contributed by atoms with Gasteiger partial charge in [-0.25, -0.2) is 14.6 Å². The monoisotopic (exact) mass is 564 g/mol. The second-order valence-electron chi connectivity index (χ2n) is 9.62. The standard InChI is InChI=1S/C26H34N4O3.C2HF3O2/c1-33-24-12-5-7-20(17-24)19-27-26(28-22-9-6-8-21(18-22)25(31)32)30-15-13-29(14-16-30)23-10-3-2-4-11-23;3-2(4,5)1(6)7/h5-9,12,17-18,23H,2-4,10-11,13-16,19H2,1H3,(H,27,28)(H,31,32);(H,6,7). The van der Waals surface area contributed by atoms with Gasteiger partial charge < -0.3 is 25.2 Å². The predicted octanol–water partition coefficient (Wildman–Crippen LogP) is 4.95. The number of nitrogens with one attached hydrogen (secondary N) is 1. The summed E-state index contributed by atoms with van der Waals surface area (Å²) in [7, 11) is 1.66. The van der Waals surface area contributed by atoms with Crippen LogP contribution in [0.4, 0.5) is 18.9 Å². The van der Waals surface area contributed by atoms with Crippen LogP contribution < -0.4 is 10.1 Å². The fourth-order valence-corrected chi connectivity index (χ4v) is 4.76. The molecule has 9 nitrogen and oxygen atoms in total. The lowest BCUT2D eigenvalue weighted by atomic mass is 9.94. The van der Waals surface area contributed by atoms with Gasteiger partial charge in [-0.05, 0) is 48.7 Å². The molecule has 3 N–H and O–H groups in total. The number of hydrogen-bond acceptors (Lipinski definition) is 5. The first-order valence-electron chi connectivity index (χ1n) is 13.1.